The topological polar surface area (TPSA) is 83.6 Å². The minimum atomic E-state index is -0.895. The molecule has 1 heterocycles. The van der Waals surface area contributed by atoms with E-state index < -0.39 is 23.7 Å². The average Bonchev–Trinajstić information content (AvgIpc) is 2.42. The molecule has 114 valence electrons. The highest BCUT2D eigenvalue weighted by Crippen LogP contribution is 2.25. The predicted molar refractivity (Wildman–Crippen MR) is 75.1 cm³/mol. The van der Waals surface area contributed by atoms with E-state index in [0.717, 1.165) is 6.42 Å². The van der Waals surface area contributed by atoms with Crippen LogP contribution >= 0.6 is 0 Å². The SMILES string of the molecule is CC1CCN(Cc2cc(C(N)=O)ccc2F)C(C(=O)O)C1. The lowest BCUT2D eigenvalue weighted by Gasteiger charge is -2.36. The van der Waals surface area contributed by atoms with Gasteiger partial charge < -0.3 is 10.8 Å². The monoisotopic (exact) mass is 294 g/mol. The molecule has 2 atom stereocenters. The van der Waals surface area contributed by atoms with Gasteiger partial charge in [0.25, 0.3) is 0 Å². The number of likely N-dealkylation sites (tertiary alicyclic amines) is 1. The molecular weight excluding hydrogens is 275 g/mol. The number of carboxylic acid groups (broad SMARTS) is 1. The van der Waals surface area contributed by atoms with Gasteiger partial charge in [0.1, 0.15) is 11.9 Å². The van der Waals surface area contributed by atoms with Gasteiger partial charge in [0.2, 0.25) is 5.91 Å². The third kappa shape index (κ3) is 3.58. The van der Waals surface area contributed by atoms with E-state index in [1.165, 1.54) is 18.2 Å². The van der Waals surface area contributed by atoms with Crippen LogP contribution in [0.2, 0.25) is 0 Å². The van der Waals surface area contributed by atoms with Crippen molar-refractivity contribution in [2.75, 3.05) is 6.54 Å². The van der Waals surface area contributed by atoms with Gasteiger partial charge in [-0.1, -0.05) is 6.92 Å². The first kappa shape index (κ1) is 15.4. The molecule has 3 N–H and O–H groups in total. The molecule has 1 aliphatic heterocycles. The third-order valence-corrected chi connectivity index (χ3v) is 3.96. The van der Waals surface area contributed by atoms with E-state index in [-0.39, 0.29) is 12.1 Å². The Balaban J connectivity index is 2.21. The van der Waals surface area contributed by atoms with Crippen molar-refractivity contribution in [1.29, 1.82) is 0 Å². The number of carbonyl (C=O) groups excluding carboxylic acids is 1. The molecule has 0 spiro atoms. The third-order valence-electron chi connectivity index (χ3n) is 3.96. The Morgan fingerprint density at radius 3 is 2.81 bits per heavy atom. The van der Waals surface area contributed by atoms with Gasteiger partial charge in [0.15, 0.2) is 0 Å². The average molecular weight is 294 g/mol. The molecule has 1 aromatic carbocycles. The van der Waals surface area contributed by atoms with Crippen LogP contribution in [0.5, 0.6) is 0 Å². The number of rotatable bonds is 4. The number of halogens is 1. The molecule has 0 bridgehead atoms. The van der Waals surface area contributed by atoms with E-state index in [4.69, 9.17) is 5.73 Å². The summed E-state index contributed by atoms with van der Waals surface area (Å²) in [4.78, 5) is 24.3. The van der Waals surface area contributed by atoms with E-state index in [0.29, 0.717) is 24.4 Å². The highest BCUT2D eigenvalue weighted by molar-refractivity contribution is 5.92. The normalized spacial score (nSPS) is 23.0. The maximum absolute atomic E-state index is 13.9. The number of primary amides is 1. The van der Waals surface area contributed by atoms with Crippen LogP contribution in [-0.2, 0) is 11.3 Å². The van der Waals surface area contributed by atoms with E-state index in [2.05, 4.69) is 0 Å². The maximum Gasteiger partial charge on any atom is 0.320 e. The number of carboxylic acids is 1. The Hall–Kier alpha value is -1.95. The second kappa shape index (κ2) is 6.22. The van der Waals surface area contributed by atoms with Crippen molar-refractivity contribution in [2.24, 2.45) is 11.7 Å². The molecule has 1 aromatic rings. The van der Waals surface area contributed by atoms with Crippen molar-refractivity contribution in [3.8, 4) is 0 Å². The van der Waals surface area contributed by atoms with Gasteiger partial charge in [-0.3, -0.25) is 14.5 Å². The van der Waals surface area contributed by atoms with Crippen LogP contribution in [0.25, 0.3) is 0 Å². The van der Waals surface area contributed by atoms with Crippen LogP contribution in [0, 0.1) is 11.7 Å². The lowest BCUT2D eigenvalue weighted by molar-refractivity contribution is -0.145. The van der Waals surface area contributed by atoms with Crippen LogP contribution in [0.1, 0.15) is 35.7 Å². The maximum atomic E-state index is 13.9. The highest BCUT2D eigenvalue weighted by Gasteiger charge is 2.32. The Morgan fingerprint density at radius 2 is 2.19 bits per heavy atom. The van der Waals surface area contributed by atoms with Crippen molar-refractivity contribution in [3.05, 3.63) is 35.1 Å². The molecule has 5 nitrogen and oxygen atoms in total. The van der Waals surface area contributed by atoms with E-state index >= 15 is 0 Å². The lowest BCUT2D eigenvalue weighted by atomic mass is 9.92. The summed E-state index contributed by atoms with van der Waals surface area (Å²) in [6.45, 7) is 2.77. The molecule has 1 saturated heterocycles. The molecule has 0 aliphatic carbocycles. The lowest BCUT2D eigenvalue weighted by Crippen LogP contribution is -2.46. The Morgan fingerprint density at radius 1 is 1.48 bits per heavy atom. The fourth-order valence-electron chi connectivity index (χ4n) is 2.70. The van der Waals surface area contributed by atoms with Crippen molar-refractivity contribution in [3.63, 3.8) is 0 Å². The molecule has 2 rings (SSSR count). The van der Waals surface area contributed by atoms with Gasteiger partial charge in [-0.2, -0.15) is 0 Å². The van der Waals surface area contributed by atoms with E-state index in [1.54, 1.807) is 4.90 Å². The zero-order valence-electron chi connectivity index (χ0n) is 11.9. The molecule has 6 heteroatoms. The van der Waals surface area contributed by atoms with Crippen molar-refractivity contribution in [2.45, 2.75) is 32.4 Å². The number of nitrogens with zero attached hydrogens (tertiary/aromatic N) is 1. The zero-order chi connectivity index (χ0) is 15.6. The van der Waals surface area contributed by atoms with Crippen molar-refractivity contribution >= 4 is 11.9 Å². The van der Waals surface area contributed by atoms with Gasteiger partial charge >= 0.3 is 5.97 Å². The summed E-state index contributed by atoms with van der Waals surface area (Å²) < 4.78 is 13.9. The van der Waals surface area contributed by atoms with Crippen LogP contribution in [0.4, 0.5) is 4.39 Å². The van der Waals surface area contributed by atoms with Crippen LogP contribution < -0.4 is 5.73 Å². The first-order valence-corrected chi connectivity index (χ1v) is 6.93. The first-order chi connectivity index (χ1) is 9.88. The summed E-state index contributed by atoms with van der Waals surface area (Å²) in [5.41, 5.74) is 5.71. The Labute approximate surface area is 122 Å². The van der Waals surface area contributed by atoms with Crippen LogP contribution in [0.3, 0.4) is 0 Å². The quantitative estimate of drug-likeness (QED) is 0.883. The summed E-state index contributed by atoms with van der Waals surface area (Å²) in [6.07, 6.45) is 1.42. The van der Waals surface area contributed by atoms with Gasteiger partial charge in [-0.25, -0.2) is 4.39 Å². The van der Waals surface area contributed by atoms with Gasteiger partial charge in [0.05, 0.1) is 0 Å². The molecule has 1 fully saturated rings. The fourth-order valence-corrected chi connectivity index (χ4v) is 2.70. The van der Waals surface area contributed by atoms with Crippen LogP contribution in [0.15, 0.2) is 18.2 Å². The number of hydrogen-bond donors (Lipinski definition) is 2. The van der Waals surface area contributed by atoms with Gasteiger partial charge in [-0.05, 0) is 43.5 Å². The molecule has 1 aliphatic rings. The number of hydrogen-bond acceptors (Lipinski definition) is 3. The summed E-state index contributed by atoms with van der Waals surface area (Å²) in [6, 6.07) is 3.30. The second-order valence-corrected chi connectivity index (χ2v) is 5.62. The van der Waals surface area contributed by atoms with Gasteiger partial charge in [-0.15, -0.1) is 0 Å². The molecule has 21 heavy (non-hydrogen) atoms. The Bertz CT molecular complexity index is 562. The number of aliphatic carboxylic acids is 1. The molecular formula is C15H19FN2O3. The molecule has 0 saturated carbocycles. The van der Waals surface area contributed by atoms with Crippen molar-refractivity contribution < 1.29 is 19.1 Å². The number of carbonyl (C=O) groups is 2. The largest absolute Gasteiger partial charge is 0.480 e. The van der Waals surface area contributed by atoms with Crippen LogP contribution in [-0.4, -0.2) is 34.5 Å². The van der Waals surface area contributed by atoms with Gasteiger partial charge in [0, 0.05) is 17.7 Å². The fraction of sp³-hybridized carbons (Fsp3) is 0.467. The van der Waals surface area contributed by atoms with Crippen molar-refractivity contribution in [1.82, 2.24) is 4.90 Å². The number of nitrogens with two attached hydrogens (primary N) is 1. The molecule has 0 aromatic heterocycles. The molecule has 1 amide bonds. The highest BCUT2D eigenvalue weighted by atomic mass is 19.1. The summed E-state index contributed by atoms with van der Waals surface area (Å²) in [5.74, 6) is -1.64. The summed E-state index contributed by atoms with van der Waals surface area (Å²) in [7, 11) is 0. The number of amides is 1. The number of benzene rings is 1. The zero-order valence-corrected chi connectivity index (χ0v) is 11.9. The first-order valence-electron chi connectivity index (χ1n) is 6.93. The standard InChI is InChI=1S/C15H19FN2O3/c1-9-4-5-18(13(6-9)15(20)21)8-11-7-10(14(17)19)2-3-12(11)16/h2-3,7,9,13H,4-6,8H2,1H3,(H2,17,19)(H,20,21). The Kier molecular flexibility index (Phi) is 4.57. The minimum absolute atomic E-state index is 0.163. The second-order valence-electron chi connectivity index (χ2n) is 5.62. The molecule has 0 radical (unpaired) electrons. The van der Waals surface area contributed by atoms with E-state index in [1.807, 2.05) is 6.92 Å². The summed E-state index contributed by atoms with van der Waals surface area (Å²) in [5, 5.41) is 9.31. The predicted octanol–water partition coefficient (Wildman–Crippen LogP) is 1.61. The summed E-state index contributed by atoms with van der Waals surface area (Å²) >= 11 is 0. The number of piperidine rings is 1. The van der Waals surface area contributed by atoms with E-state index in [9.17, 15) is 19.1 Å². The minimum Gasteiger partial charge on any atom is -0.480 e. The molecule has 2 unspecified atom stereocenters. The smallest absolute Gasteiger partial charge is 0.320 e.